The van der Waals surface area contributed by atoms with Gasteiger partial charge in [-0.05, 0) is 56.5 Å². The highest BCUT2D eigenvalue weighted by atomic mass is 35.5. The molecule has 7 nitrogen and oxygen atoms in total. The lowest BCUT2D eigenvalue weighted by Crippen LogP contribution is -2.51. The molecule has 0 radical (unpaired) electrons. The normalized spacial score (nSPS) is 23.6. The third kappa shape index (κ3) is 3.86. The number of piperidine rings is 1. The smallest absolute Gasteiger partial charge is 0.272 e. The van der Waals surface area contributed by atoms with Crippen LogP contribution in [0.25, 0.3) is 10.9 Å². The van der Waals surface area contributed by atoms with Crippen molar-refractivity contribution in [3.8, 4) is 0 Å². The number of alkyl halides is 2. The van der Waals surface area contributed by atoms with Gasteiger partial charge in [-0.2, -0.15) is 5.10 Å². The Balaban J connectivity index is 1.22. The zero-order valence-electron chi connectivity index (χ0n) is 18.3. The summed E-state index contributed by atoms with van der Waals surface area (Å²) in [4.78, 5) is 11.6. The maximum absolute atomic E-state index is 13.5. The van der Waals surface area contributed by atoms with E-state index in [0.717, 1.165) is 60.6 Å². The van der Waals surface area contributed by atoms with Gasteiger partial charge in [-0.15, -0.1) is 0 Å². The average molecular weight is 475 g/mol. The Hall–Kier alpha value is -2.36. The minimum absolute atomic E-state index is 0.168. The number of halogens is 3. The summed E-state index contributed by atoms with van der Waals surface area (Å²) < 4.78 is 33.6. The van der Waals surface area contributed by atoms with Gasteiger partial charge in [-0.1, -0.05) is 11.6 Å². The Morgan fingerprint density at radius 3 is 2.61 bits per heavy atom. The van der Waals surface area contributed by atoms with Crippen molar-refractivity contribution in [3.63, 3.8) is 0 Å². The van der Waals surface area contributed by atoms with E-state index in [0.29, 0.717) is 29.3 Å². The average Bonchev–Trinajstić information content (AvgIpc) is 3.24. The molecule has 1 aliphatic carbocycles. The Morgan fingerprint density at radius 1 is 1.18 bits per heavy atom. The monoisotopic (exact) mass is 474 g/mol. The maximum atomic E-state index is 13.5. The third-order valence-electron chi connectivity index (χ3n) is 7.18. The van der Waals surface area contributed by atoms with E-state index in [1.165, 1.54) is 4.68 Å². The van der Waals surface area contributed by atoms with E-state index < -0.39 is 12.0 Å². The van der Waals surface area contributed by atoms with E-state index in [2.05, 4.69) is 31.3 Å². The molecule has 1 N–H and O–H groups in total. The number of ether oxygens (including phenoxy) is 1. The zero-order chi connectivity index (χ0) is 22.7. The van der Waals surface area contributed by atoms with Crippen LogP contribution in [-0.2, 0) is 4.74 Å². The molecular weight excluding hydrogens is 450 g/mol. The molecule has 4 heterocycles. The highest BCUT2D eigenvalue weighted by Crippen LogP contribution is 2.53. The van der Waals surface area contributed by atoms with E-state index in [1.807, 2.05) is 6.07 Å². The van der Waals surface area contributed by atoms with Crippen LogP contribution < -0.4 is 5.32 Å². The first-order valence-corrected chi connectivity index (χ1v) is 11.7. The van der Waals surface area contributed by atoms with Gasteiger partial charge in [0.1, 0.15) is 6.04 Å². The molecule has 1 saturated carbocycles. The molecule has 1 aromatic carbocycles. The molecule has 6 rings (SSSR count). The number of aromatic nitrogens is 4. The van der Waals surface area contributed by atoms with Gasteiger partial charge >= 0.3 is 0 Å². The van der Waals surface area contributed by atoms with Crippen LogP contribution in [0.2, 0.25) is 5.02 Å². The highest BCUT2D eigenvalue weighted by Gasteiger charge is 2.59. The van der Waals surface area contributed by atoms with Gasteiger partial charge in [0, 0.05) is 23.0 Å². The van der Waals surface area contributed by atoms with Crippen LogP contribution in [0.3, 0.4) is 0 Å². The van der Waals surface area contributed by atoms with E-state index in [4.69, 9.17) is 16.3 Å². The minimum atomic E-state index is -2.68. The summed E-state index contributed by atoms with van der Waals surface area (Å²) in [5.74, 6) is -1.88. The summed E-state index contributed by atoms with van der Waals surface area (Å²) in [5, 5.41) is 8.89. The first-order valence-electron chi connectivity index (χ1n) is 11.4. The lowest BCUT2D eigenvalue weighted by atomic mass is 9.88. The maximum Gasteiger partial charge on any atom is 0.272 e. The molecule has 3 fully saturated rings. The van der Waals surface area contributed by atoms with Gasteiger partial charge in [-0.25, -0.2) is 18.7 Å². The van der Waals surface area contributed by atoms with E-state index >= 15 is 0 Å². The summed E-state index contributed by atoms with van der Waals surface area (Å²) >= 11 is 6.65. The van der Waals surface area contributed by atoms with E-state index in [-0.39, 0.29) is 6.42 Å². The molecule has 33 heavy (non-hydrogen) atoms. The summed E-state index contributed by atoms with van der Waals surface area (Å²) in [6, 6.07) is 3.70. The lowest BCUT2D eigenvalue weighted by Gasteiger charge is -2.41. The number of hydrogen-bond donors (Lipinski definition) is 1. The molecule has 2 aromatic heterocycles. The van der Waals surface area contributed by atoms with E-state index in [9.17, 15) is 8.78 Å². The predicted octanol–water partition coefficient (Wildman–Crippen LogP) is 4.69. The predicted molar refractivity (Wildman–Crippen MR) is 122 cm³/mol. The van der Waals surface area contributed by atoms with Crippen LogP contribution in [0.1, 0.15) is 42.5 Å². The number of benzene rings is 1. The van der Waals surface area contributed by atoms with Crippen LogP contribution in [0.5, 0.6) is 0 Å². The Labute approximate surface area is 195 Å². The zero-order valence-corrected chi connectivity index (χ0v) is 19.0. The quantitative estimate of drug-likeness (QED) is 0.578. The van der Waals surface area contributed by atoms with Gasteiger partial charge in [0.15, 0.2) is 0 Å². The number of nitrogens with zero attached hydrogens (tertiary/aromatic N) is 5. The number of rotatable bonds is 5. The SMILES string of the molecule is Cc1c(Nc2ncc3cc(Cl)c(C4CCN(C5COC5)CC4)cc3n2)cnn1C1CC1(F)F. The molecule has 10 heteroatoms. The van der Waals surface area contributed by atoms with E-state index in [1.54, 1.807) is 19.3 Å². The molecule has 0 spiro atoms. The lowest BCUT2D eigenvalue weighted by molar-refractivity contribution is -0.0712. The van der Waals surface area contributed by atoms with Crippen molar-refractivity contribution in [1.82, 2.24) is 24.6 Å². The standard InChI is InChI=1S/C23H25ClF2N6O/c1-13-20(10-28-32(13)21-8-23(21,25)26)30-22-27-9-15-6-18(24)17(7-19(15)29-22)14-2-4-31(5-3-14)16-11-33-12-16/h6-7,9-10,14,16,21H,2-5,8,11-12H2,1H3,(H,27,29,30). The third-order valence-corrected chi connectivity index (χ3v) is 7.51. The number of likely N-dealkylation sites (tertiary alicyclic amines) is 1. The van der Waals surface area contributed by atoms with Gasteiger partial charge < -0.3 is 10.1 Å². The minimum Gasteiger partial charge on any atom is -0.378 e. The van der Waals surface area contributed by atoms with Gasteiger partial charge in [0.2, 0.25) is 5.95 Å². The van der Waals surface area contributed by atoms with Crippen LogP contribution in [0.4, 0.5) is 20.4 Å². The van der Waals surface area contributed by atoms with Gasteiger partial charge in [-0.3, -0.25) is 9.58 Å². The second kappa shape index (κ2) is 7.85. The highest BCUT2D eigenvalue weighted by molar-refractivity contribution is 6.32. The Bertz CT molecular complexity index is 1210. The van der Waals surface area contributed by atoms with Gasteiger partial charge in [0.25, 0.3) is 5.92 Å². The van der Waals surface area contributed by atoms with Crippen molar-refractivity contribution in [2.75, 3.05) is 31.6 Å². The number of fused-ring (bicyclic) bond motifs is 1. The molecule has 174 valence electrons. The van der Waals surface area contributed by atoms with Crippen molar-refractivity contribution >= 4 is 34.1 Å². The fourth-order valence-corrected chi connectivity index (χ4v) is 5.22. The topological polar surface area (TPSA) is 68.1 Å². The molecule has 3 aromatic rings. The molecule has 2 aliphatic heterocycles. The largest absolute Gasteiger partial charge is 0.378 e. The molecule has 0 bridgehead atoms. The summed E-state index contributed by atoms with van der Waals surface area (Å²) in [6.07, 6.45) is 5.22. The number of hydrogen-bond acceptors (Lipinski definition) is 6. The molecule has 2 saturated heterocycles. The second-order valence-electron chi connectivity index (χ2n) is 9.32. The Morgan fingerprint density at radius 2 is 1.94 bits per heavy atom. The Kier molecular flexibility index (Phi) is 5.04. The fourth-order valence-electron chi connectivity index (χ4n) is 4.90. The van der Waals surface area contributed by atoms with Crippen molar-refractivity contribution in [3.05, 3.63) is 40.8 Å². The van der Waals surface area contributed by atoms with Gasteiger partial charge in [0.05, 0.1) is 42.4 Å². The molecule has 0 amide bonds. The van der Waals surface area contributed by atoms with Crippen molar-refractivity contribution in [1.29, 1.82) is 0 Å². The molecule has 1 atom stereocenters. The second-order valence-corrected chi connectivity index (χ2v) is 9.73. The van der Waals surface area contributed by atoms with Crippen LogP contribution in [0, 0.1) is 6.92 Å². The first kappa shape index (κ1) is 21.2. The van der Waals surface area contributed by atoms with Crippen LogP contribution in [0.15, 0.2) is 24.5 Å². The van der Waals surface area contributed by atoms with Crippen molar-refractivity contribution in [2.24, 2.45) is 0 Å². The molecular formula is C23H25ClF2N6O. The van der Waals surface area contributed by atoms with Crippen molar-refractivity contribution in [2.45, 2.75) is 50.1 Å². The summed E-state index contributed by atoms with van der Waals surface area (Å²) in [5.41, 5.74) is 3.19. The summed E-state index contributed by atoms with van der Waals surface area (Å²) in [6.45, 7) is 5.55. The number of anilines is 2. The van der Waals surface area contributed by atoms with Crippen LogP contribution in [-0.4, -0.2) is 62.9 Å². The van der Waals surface area contributed by atoms with Crippen LogP contribution >= 0.6 is 11.6 Å². The number of nitrogens with one attached hydrogen (secondary N) is 1. The fraction of sp³-hybridized carbons (Fsp3) is 0.522. The first-order chi connectivity index (χ1) is 15.9. The van der Waals surface area contributed by atoms with Crippen molar-refractivity contribution < 1.29 is 13.5 Å². The summed E-state index contributed by atoms with van der Waals surface area (Å²) in [7, 11) is 0. The molecule has 3 aliphatic rings. The molecule has 1 unspecified atom stereocenters.